The van der Waals surface area contributed by atoms with Gasteiger partial charge in [-0.25, -0.2) is 15.0 Å². The highest BCUT2D eigenvalue weighted by Crippen LogP contribution is 2.72. The van der Waals surface area contributed by atoms with E-state index in [4.69, 9.17) is 25.8 Å². The lowest BCUT2D eigenvalue weighted by atomic mass is 9.99. The van der Waals surface area contributed by atoms with Crippen molar-refractivity contribution >= 4 is 51.3 Å². The Hall–Kier alpha value is -1.04. The summed E-state index contributed by atoms with van der Waals surface area (Å²) in [5.41, 5.74) is 0.517. The Morgan fingerprint density at radius 3 is 2.96 bits per heavy atom. The first-order valence-electron chi connectivity index (χ1n) is 8.87. The van der Waals surface area contributed by atoms with Crippen molar-refractivity contribution in [2.45, 2.75) is 51.2 Å². The maximum atomic E-state index is 12.8. The molecule has 0 amide bonds. The topological polar surface area (TPSA) is 88.4 Å². The monoisotopic (exact) mass is 504 g/mol. The highest BCUT2D eigenvalue weighted by atomic mass is 127. The third-order valence-electron chi connectivity index (χ3n) is 5.77. The van der Waals surface area contributed by atoms with Gasteiger partial charge in [0.1, 0.15) is 23.1 Å². The van der Waals surface area contributed by atoms with Crippen LogP contribution in [0.25, 0.3) is 11.2 Å². The van der Waals surface area contributed by atoms with E-state index >= 15 is 0 Å². The molecule has 1 saturated heterocycles. The van der Waals surface area contributed by atoms with Gasteiger partial charge in [0.15, 0.2) is 20.4 Å². The Morgan fingerprint density at radius 1 is 1.44 bits per heavy atom. The van der Waals surface area contributed by atoms with E-state index in [1.165, 1.54) is 0 Å². The minimum absolute atomic E-state index is 0.0476. The summed E-state index contributed by atoms with van der Waals surface area (Å²) in [6, 6.07) is -0.132. The quantitative estimate of drug-likeness (QED) is 0.275. The molecule has 144 valence electrons. The zero-order valence-electron chi connectivity index (χ0n) is 15.0. The maximum absolute atomic E-state index is 12.8. The molecule has 2 aliphatic carbocycles. The van der Waals surface area contributed by atoms with Crippen LogP contribution >= 0.6 is 34.2 Å². The number of halogens is 2. The van der Waals surface area contributed by atoms with E-state index in [1.54, 1.807) is 6.33 Å². The number of aromatic nitrogens is 4. The summed E-state index contributed by atoms with van der Waals surface area (Å²) in [6.07, 6.45) is 1.77. The molecule has 2 aromatic heterocycles. The predicted octanol–water partition coefficient (Wildman–Crippen LogP) is 2.73. The Labute approximate surface area is 174 Å². The van der Waals surface area contributed by atoms with Gasteiger partial charge in [-0.1, -0.05) is 11.6 Å². The van der Waals surface area contributed by atoms with Crippen LogP contribution < -0.4 is 0 Å². The molecule has 3 aliphatic rings. The lowest BCUT2D eigenvalue weighted by Crippen LogP contribution is -2.36. The van der Waals surface area contributed by atoms with Crippen molar-refractivity contribution in [3.63, 3.8) is 0 Å². The lowest BCUT2D eigenvalue weighted by molar-refractivity contribution is -0.172. The number of ether oxygens (including phenoxy) is 3. The molecule has 0 N–H and O–H groups in total. The average molecular weight is 505 g/mol. The maximum Gasteiger partial charge on any atom is 0.315 e. The number of imidazole rings is 1. The summed E-state index contributed by atoms with van der Waals surface area (Å²) in [4.78, 5) is 25.9. The number of nitrogens with zero attached hydrogens (tertiary/aromatic N) is 4. The molecule has 8 nitrogen and oxygen atoms in total. The van der Waals surface area contributed by atoms with Crippen molar-refractivity contribution in [1.29, 1.82) is 0 Å². The SMILES string of the molecule is CCOC(=O)C12CC1[C@@H](n1cnc3c(Cl)nc(I)nc31)C1OC(C)(C)OC12. The molecule has 2 saturated carbocycles. The number of carbonyl (C=O) groups is 1. The Balaban J connectivity index is 1.63. The zero-order chi connectivity index (χ0) is 19.1. The summed E-state index contributed by atoms with van der Waals surface area (Å²) >= 11 is 8.27. The Bertz CT molecular complexity index is 966. The van der Waals surface area contributed by atoms with Gasteiger partial charge >= 0.3 is 5.97 Å². The second-order valence-corrected chi connectivity index (χ2v) is 9.01. The van der Waals surface area contributed by atoms with E-state index in [0.717, 1.165) is 0 Å². The number of hydrogen-bond donors (Lipinski definition) is 0. The first kappa shape index (κ1) is 18.0. The van der Waals surface area contributed by atoms with Gasteiger partial charge in [-0.15, -0.1) is 0 Å². The van der Waals surface area contributed by atoms with Gasteiger partial charge in [-0.05, 0) is 27.2 Å². The van der Waals surface area contributed by atoms with Crippen molar-refractivity contribution in [1.82, 2.24) is 19.5 Å². The summed E-state index contributed by atoms with van der Waals surface area (Å²) in [5, 5.41) is 0.314. The molecule has 4 unspecified atom stereocenters. The molecule has 5 atom stereocenters. The van der Waals surface area contributed by atoms with Crippen molar-refractivity contribution in [3.05, 3.63) is 15.3 Å². The molecular weight excluding hydrogens is 487 g/mol. The second kappa shape index (κ2) is 5.74. The number of hydrogen-bond acceptors (Lipinski definition) is 7. The standard InChI is InChI=1S/C17H18ClIN4O4/c1-4-25-14(24)17-5-7(17)9(10-11(17)27-16(2,3)26-10)23-6-20-8-12(18)21-15(19)22-13(8)23/h6-7,9-11H,4-5H2,1-3H3/t7?,9-,10?,11?,17?/m1/s1. The zero-order valence-corrected chi connectivity index (χ0v) is 17.9. The molecule has 5 rings (SSSR count). The molecule has 10 heteroatoms. The minimum atomic E-state index is -0.766. The van der Waals surface area contributed by atoms with E-state index in [1.807, 2.05) is 47.9 Å². The van der Waals surface area contributed by atoms with Crippen molar-refractivity contribution in [2.24, 2.45) is 11.3 Å². The van der Waals surface area contributed by atoms with E-state index in [9.17, 15) is 4.79 Å². The highest BCUT2D eigenvalue weighted by Gasteiger charge is 2.80. The molecule has 0 bridgehead atoms. The van der Waals surface area contributed by atoms with Crippen LogP contribution in [-0.4, -0.2) is 50.1 Å². The molecule has 1 aliphatic heterocycles. The molecule has 3 fully saturated rings. The second-order valence-electron chi connectivity index (χ2n) is 7.69. The summed E-state index contributed by atoms with van der Waals surface area (Å²) < 4.78 is 20.3. The molecule has 0 spiro atoms. The fraction of sp³-hybridized carbons (Fsp3) is 0.647. The van der Waals surface area contributed by atoms with E-state index in [2.05, 4.69) is 15.0 Å². The molecule has 2 aromatic rings. The van der Waals surface area contributed by atoms with Crippen LogP contribution in [0.5, 0.6) is 0 Å². The van der Waals surface area contributed by atoms with E-state index < -0.39 is 11.2 Å². The minimum Gasteiger partial charge on any atom is -0.465 e. The van der Waals surface area contributed by atoms with E-state index in [-0.39, 0.29) is 30.1 Å². The van der Waals surface area contributed by atoms with Crippen LogP contribution in [0.2, 0.25) is 5.15 Å². The van der Waals surface area contributed by atoms with Crippen LogP contribution in [0, 0.1) is 15.2 Å². The molecule has 3 heterocycles. The highest BCUT2D eigenvalue weighted by molar-refractivity contribution is 14.1. The Morgan fingerprint density at radius 2 is 2.22 bits per heavy atom. The van der Waals surface area contributed by atoms with Crippen LogP contribution in [0.15, 0.2) is 6.33 Å². The fourth-order valence-corrected chi connectivity index (χ4v) is 5.59. The molecule has 0 radical (unpaired) electrons. The third kappa shape index (κ3) is 2.41. The van der Waals surface area contributed by atoms with Crippen molar-refractivity contribution in [2.75, 3.05) is 6.61 Å². The number of fused-ring (bicyclic) bond motifs is 4. The largest absolute Gasteiger partial charge is 0.465 e. The molecule has 0 aromatic carbocycles. The smallest absolute Gasteiger partial charge is 0.315 e. The van der Waals surface area contributed by atoms with Crippen LogP contribution in [0.4, 0.5) is 0 Å². The first-order chi connectivity index (χ1) is 12.8. The molecular formula is C17H18ClIN4O4. The van der Waals surface area contributed by atoms with Gasteiger partial charge in [0.25, 0.3) is 0 Å². The van der Waals surface area contributed by atoms with Gasteiger partial charge < -0.3 is 18.8 Å². The fourth-order valence-electron chi connectivity index (χ4n) is 4.77. The lowest BCUT2D eigenvalue weighted by Gasteiger charge is -2.24. The third-order valence-corrected chi connectivity index (χ3v) is 6.52. The summed E-state index contributed by atoms with van der Waals surface area (Å²) in [5.74, 6) is -0.926. The van der Waals surface area contributed by atoms with Crippen molar-refractivity contribution < 1.29 is 19.0 Å². The molecule has 27 heavy (non-hydrogen) atoms. The van der Waals surface area contributed by atoms with Gasteiger partial charge in [-0.3, -0.25) is 4.79 Å². The average Bonchev–Trinajstić information content (AvgIpc) is 2.90. The predicted molar refractivity (Wildman–Crippen MR) is 103 cm³/mol. The first-order valence-corrected chi connectivity index (χ1v) is 10.3. The number of esters is 1. The summed E-state index contributed by atoms with van der Waals surface area (Å²) in [6.45, 7) is 5.89. The van der Waals surface area contributed by atoms with Crippen LogP contribution in [0.1, 0.15) is 33.2 Å². The number of carbonyl (C=O) groups excluding carboxylic acids is 1. The van der Waals surface area contributed by atoms with Gasteiger partial charge in [0.05, 0.1) is 19.0 Å². The normalized spacial score (nSPS) is 35.9. The van der Waals surface area contributed by atoms with E-state index in [0.29, 0.717) is 33.2 Å². The summed E-state index contributed by atoms with van der Waals surface area (Å²) in [7, 11) is 0. The van der Waals surface area contributed by atoms with Crippen LogP contribution in [-0.2, 0) is 19.0 Å². The van der Waals surface area contributed by atoms with Crippen molar-refractivity contribution in [3.8, 4) is 0 Å². The van der Waals surface area contributed by atoms with Gasteiger partial charge in [0, 0.05) is 28.5 Å². The van der Waals surface area contributed by atoms with Crippen LogP contribution in [0.3, 0.4) is 0 Å². The van der Waals surface area contributed by atoms with Gasteiger partial charge in [0.2, 0.25) is 0 Å². The number of rotatable bonds is 3. The Kier molecular flexibility index (Phi) is 3.83. The van der Waals surface area contributed by atoms with Gasteiger partial charge in [-0.2, -0.15) is 0 Å².